The first-order valence-electron chi connectivity index (χ1n) is 9.87. The summed E-state index contributed by atoms with van der Waals surface area (Å²) < 4.78 is 1.83. The lowest BCUT2D eigenvalue weighted by atomic mass is 9.86. The molecule has 0 bridgehead atoms. The molecule has 5 rings (SSSR count). The number of anilines is 1. The van der Waals surface area contributed by atoms with Crippen molar-refractivity contribution in [1.82, 2.24) is 19.8 Å². The second-order valence-corrected chi connectivity index (χ2v) is 8.11. The number of hydrogen-bond donors (Lipinski definition) is 1. The number of fused-ring (bicyclic) bond motifs is 3. The number of aromatic nitrogens is 4. The number of nitrogens with zero attached hydrogens (tertiary/aromatic N) is 4. The van der Waals surface area contributed by atoms with Gasteiger partial charge in [0, 0.05) is 22.0 Å². The van der Waals surface area contributed by atoms with Gasteiger partial charge in [-0.25, -0.2) is 4.98 Å². The molecular formula is C22H22ClN5. The van der Waals surface area contributed by atoms with Crippen LogP contribution in [0, 0.1) is 5.92 Å². The number of benzene rings is 2. The third-order valence-electron chi connectivity index (χ3n) is 5.80. The van der Waals surface area contributed by atoms with Crippen molar-refractivity contribution in [1.29, 1.82) is 0 Å². The van der Waals surface area contributed by atoms with Gasteiger partial charge in [0.05, 0.1) is 5.52 Å². The van der Waals surface area contributed by atoms with E-state index < -0.39 is 0 Å². The number of nitrogens with one attached hydrogen (secondary N) is 1. The van der Waals surface area contributed by atoms with Crippen LogP contribution >= 0.6 is 11.6 Å². The molecule has 6 heteroatoms. The number of rotatable bonds is 3. The predicted octanol–water partition coefficient (Wildman–Crippen LogP) is 5.59. The third kappa shape index (κ3) is 3.00. The van der Waals surface area contributed by atoms with Crippen LogP contribution in [0.1, 0.15) is 32.6 Å². The summed E-state index contributed by atoms with van der Waals surface area (Å²) in [4.78, 5) is 4.98. The van der Waals surface area contributed by atoms with Crippen LogP contribution in [0.15, 0.2) is 48.5 Å². The molecule has 0 aliphatic heterocycles. The Morgan fingerprint density at radius 2 is 1.82 bits per heavy atom. The minimum Gasteiger partial charge on any atom is -0.366 e. The maximum atomic E-state index is 6.05. The van der Waals surface area contributed by atoms with Crippen LogP contribution in [-0.4, -0.2) is 25.9 Å². The average molecular weight is 392 g/mol. The summed E-state index contributed by atoms with van der Waals surface area (Å²) in [6, 6.07) is 16.3. The van der Waals surface area contributed by atoms with Crippen molar-refractivity contribution in [3.05, 3.63) is 53.6 Å². The van der Waals surface area contributed by atoms with E-state index in [4.69, 9.17) is 16.6 Å². The standard InChI is InChI=1S/C22H22ClN5/c1-14-6-2-4-8-18(14)24-21-17-7-3-5-9-19(17)28-22(25-21)20(26-27-28)15-10-12-16(23)13-11-15/h3,5,7,9-14,18H,2,4,6,8H2,1H3,(H,24,25)/t14-,18+/m0/s1. The molecule has 1 saturated carbocycles. The van der Waals surface area contributed by atoms with Gasteiger partial charge in [-0.05, 0) is 43.0 Å². The van der Waals surface area contributed by atoms with Crippen LogP contribution in [0.2, 0.25) is 5.02 Å². The van der Waals surface area contributed by atoms with E-state index in [-0.39, 0.29) is 0 Å². The Bertz CT molecular complexity index is 1140. The monoisotopic (exact) mass is 391 g/mol. The Morgan fingerprint density at radius 1 is 1.04 bits per heavy atom. The van der Waals surface area contributed by atoms with Crippen LogP contribution in [0.4, 0.5) is 5.82 Å². The third-order valence-corrected chi connectivity index (χ3v) is 6.05. The van der Waals surface area contributed by atoms with Crippen molar-refractivity contribution in [3.63, 3.8) is 0 Å². The van der Waals surface area contributed by atoms with Crippen molar-refractivity contribution in [2.45, 2.75) is 38.6 Å². The summed E-state index contributed by atoms with van der Waals surface area (Å²) in [6.07, 6.45) is 5.04. The Labute approximate surface area is 168 Å². The Morgan fingerprint density at radius 3 is 2.64 bits per heavy atom. The lowest BCUT2D eigenvalue weighted by molar-refractivity contribution is 0.349. The highest BCUT2D eigenvalue weighted by molar-refractivity contribution is 6.30. The van der Waals surface area contributed by atoms with E-state index in [9.17, 15) is 0 Å². The molecule has 1 aliphatic rings. The summed E-state index contributed by atoms with van der Waals surface area (Å²) in [7, 11) is 0. The molecule has 4 aromatic rings. The van der Waals surface area contributed by atoms with Gasteiger partial charge in [-0.3, -0.25) is 0 Å². The maximum absolute atomic E-state index is 6.05. The summed E-state index contributed by atoms with van der Waals surface area (Å²) >= 11 is 6.05. The SMILES string of the molecule is C[C@H]1CCCC[C@H]1Nc1nc2c(-c3ccc(Cl)cc3)nnn2c2ccccc12. The van der Waals surface area contributed by atoms with Crippen molar-refractivity contribution in [2.24, 2.45) is 5.92 Å². The summed E-state index contributed by atoms with van der Waals surface area (Å²) in [5.74, 6) is 1.56. The molecule has 0 spiro atoms. The fourth-order valence-electron chi connectivity index (χ4n) is 4.18. The van der Waals surface area contributed by atoms with E-state index in [1.807, 2.05) is 40.9 Å². The molecular weight excluding hydrogens is 370 g/mol. The van der Waals surface area contributed by atoms with Crippen LogP contribution in [0.5, 0.6) is 0 Å². The zero-order valence-corrected chi connectivity index (χ0v) is 16.5. The first kappa shape index (κ1) is 17.4. The van der Waals surface area contributed by atoms with Gasteiger partial charge in [-0.2, -0.15) is 4.52 Å². The van der Waals surface area contributed by atoms with E-state index in [2.05, 4.69) is 34.7 Å². The number of para-hydroxylation sites is 1. The summed E-state index contributed by atoms with van der Waals surface area (Å²) in [6.45, 7) is 2.33. The largest absolute Gasteiger partial charge is 0.366 e. The van der Waals surface area contributed by atoms with Gasteiger partial charge in [-0.15, -0.1) is 5.10 Å². The smallest absolute Gasteiger partial charge is 0.186 e. The topological polar surface area (TPSA) is 55.1 Å². The molecule has 0 saturated heterocycles. The Hall–Kier alpha value is -2.66. The van der Waals surface area contributed by atoms with E-state index >= 15 is 0 Å². The lowest BCUT2D eigenvalue weighted by Crippen LogP contribution is -2.30. The Kier molecular flexibility index (Phi) is 4.40. The first-order valence-corrected chi connectivity index (χ1v) is 10.2. The zero-order valence-electron chi connectivity index (χ0n) is 15.8. The fraction of sp³-hybridized carbons (Fsp3) is 0.318. The van der Waals surface area contributed by atoms with Gasteiger partial charge in [0.2, 0.25) is 0 Å². The highest BCUT2D eigenvalue weighted by Crippen LogP contribution is 2.31. The number of hydrogen-bond acceptors (Lipinski definition) is 4. The van der Waals surface area contributed by atoms with Crippen molar-refractivity contribution in [3.8, 4) is 11.3 Å². The van der Waals surface area contributed by atoms with Crippen LogP contribution in [-0.2, 0) is 0 Å². The predicted molar refractivity (Wildman–Crippen MR) is 114 cm³/mol. The molecule has 2 aromatic heterocycles. The molecule has 28 heavy (non-hydrogen) atoms. The van der Waals surface area contributed by atoms with Crippen LogP contribution < -0.4 is 5.32 Å². The van der Waals surface area contributed by atoms with E-state index in [0.717, 1.165) is 33.6 Å². The highest BCUT2D eigenvalue weighted by atomic mass is 35.5. The Balaban J connectivity index is 1.67. The molecule has 0 unspecified atom stereocenters. The molecule has 1 N–H and O–H groups in total. The minimum absolute atomic E-state index is 0.446. The average Bonchev–Trinajstić information content (AvgIpc) is 3.14. The van der Waals surface area contributed by atoms with Crippen LogP contribution in [0.3, 0.4) is 0 Å². The van der Waals surface area contributed by atoms with Crippen molar-refractivity contribution >= 4 is 34.0 Å². The van der Waals surface area contributed by atoms with E-state index in [1.165, 1.54) is 25.7 Å². The van der Waals surface area contributed by atoms with Gasteiger partial charge < -0.3 is 5.32 Å². The second-order valence-electron chi connectivity index (χ2n) is 7.67. The molecule has 1 aliphatic carbocycles. The normalized spacial score (nSPS) is 19.9. The van der Waals surface area contributed by atoms with Crippen molar-refractivity contribution < 1.29 is 0 Å². The molecule has 0 amide bonds. The minimum atomic E-state index is 0.446. The van der Waals surface area contributed by atoms with Gasteiger partial charge >= 0.3 is 0 Å². The van der Waals surface area contributed by atoms with Gasteiger partial charge in [0.15, 0.2) is 5.65 Å². The van der Waals surface area contributed by atoms with Gasteiger partial charge in [-0.1, -0.05) is 60.8 Å². The van der Waals surface area contributed by atoms with Gasteiger partial charge in [0.25, 0.3) is 0 Å². The van der Waals surface area contributed by atoms with Gasteiger partial charge in [0.1, 0.15) is 11.5 Å². The molecule has 1 fully saturated rings. The van der Waals surface area contributed by atoms with Crippen molar-refractivity contribution in [2.75, 3.05) is 5.32 Å². The van der Waals surface area contributed by atoms with E-state index in [1.54, 1.807) is 0 Å². The summed E-state index contributed by atoms with van der Waals surface area (Å²) in [5, 5.41) is 14.3. The molecule has 2 aromatic carbocycles. The molecule has 2 atom stereocenters. The highest BCUT2D eigenvalue weighted by Gasteiger charge is 2.23. The lowest BCUT2D eigenvalue weighted by Gasteiger charge is -2.30. The molecule has 5 nitrogen and oxygen atoms in total. The quantitative estimate of drug-likeness (QED) is 0.494. The molecule has 2 heterocycles. The second kappa shape index (κ2) is 7.06. The van der Waals surface area contributed by atoms with Crippen LogP contribution in [0.25, 0.3) is 27.8 Å². The maximum Gasteiger partial charge on any atom is 0.186 e. The molecule has 0 radical (unpaired) electrons. The molecule has 142 valence electrons. The van der Waals surface area contributed by atoms with E-state index in [0.29, 0.717) is 17.0 Å². The fourth-order valence-corrected chi connectivity index (χ4v) is 4.30. The number of halogens is 1. The summed E-state index contributed by atoms with van der Waals surface area (Å²) in [5.41, 5.74) is 3.49. The first-order chi connectivity index (χ1) is 13.7. The zero-order chi connectivity index (χ0) is 19.1.